The Morgan fingerprint density at radius 2 is 2.00 bits per heavy atom. The van der Waals surface area contributed by atoms with E-state index < -0.39 is 0 Å². The Morgan fingerprint density at radius 1 is 1.19 bits per heavy atom. The number of benzene rings is 1. The van der Waals surface area contributed by atoms with Gasteiger partial charge in [0.15, 0.2) is 0 Å². The first-order valence-electron chi connectivity index (χ1n) is 4.88. The zero-order chi connectivity index (χ0) is 11.4. The fourth-order valence-electron chi connectivity index (χ4n) is 1.35. The van der Waals surface area contributed by atoms with Gasteiger partial charge < -0.3 is 4.74 Å². The first-order valence-corrected chi connectivity index (χ1v) is 4.88. The van der Waals surface area contributed by atoms with Gasteiger partial charge in [0.2, 0.25) is 0 Å². The normalized spacial score (nSPS) is 9.50. The van der Waals surface area contributed by atoms with Gasteiger partial charge in [-0.15, -0.1) is 0 Å². The quantitative estimate of drug-likeness (QED) is 0.765. The number of hydrogen-bond acceptors (Lipinski definition) is 3. The van der Waals surface area contributed by atoms with Crippen LogP contribution in [0.2, 0.25) is 0 Å². The monoisotopic (exact) mass is 210 g/mol. The number of rotatable bonds is 2. The highest BCUT2D eigenvalue weighted by Gasteiger charge is 1.99. The van der Waals surface area contributed by atoms with Crippen molar-refractivity contribution in [3.05, 3.63) is 53.9 Å². The second-order valence-corrected chi connectivity index (χ2v) is 3.41. The van der Waals surface area contributed by atoms with Crippen molar-refractivity contribution in [2.24, 2.45) is 0 Å². The third-order valence-corrected chi connectivity index (χ3v) is 2.07. The van der Waals surface area contributed by atoms with E-state index in [1.807, 2.05) is 37.3 Å². The van der Waals surface area contributed by atoms with Crippen LogP contribution in [0.4, 0.5) is 0 Å². The van der Waals surface area contributed by atoms with Gasteiger partial charge in [-0.3, -0.25) is 0 Å². The van der Waals surface area contributed by atoms with Gasteiger partial charge in [-0.1, -0.05) is 12.1 Å². The molecule has 3 nitrogen and oxygen atoms in total. The molecule has 0 radical (unpaired) electrons. The van der Waals surface area contributed by atoms with Crippen molar-refractivity contribution in [2.75, 3.05) is 0 Å². The van der Waals surface area contributed by atoms with Gasteiger partial charge in [-0.05, 0) is 30.7 Å². The van der Waals surface area contributed by atoms with Crippen LogP contribution < -0.4 is 4.74 Å². The van der Waals surface area contributed by atoms with E-state index in [0.29, 0.717) is 11.4 Å². The SMILES string of the molecule is Cc1cccc(Oc2ccnc(C#N)c2)c1. The van der Waals surface area contributed by atoms with E-state index >= 15 is 0 Å². The number of aromatic nitrogens is 1. The molecule has 0 saturated carbocycles. The largest absolute Gasteiger partial charge is 0.457 e. The van der Waals surface area contributed by atoms with Crippen molar-refractivity contribution in [1.29, 1.82) is 5.26 Å². The Kier molecular flexibility index (Phi) is 2.84. The molecule has 0 amide bonds. The highest BCUT2D eigenvalue weighted by molar-refractivity contribution is 5.35. The minimum Gasteiger partial charge on any atom is -0.457 e. The molecule has 1 aromatic heterocycles. The van der Waals surface area contributed by atoms with Crippen LogP contribution in [-0.4, -0.2) is 4.98 Å². The second-order valence-electron chi connectivity index (χ2n) is 3.41. The summed E-state index contributed by atoms with van der Waals surface area (Å²) in [4.78, 5) is 3.88. The van der Waals surface area contributed by atoms with Crippen LogP contribution in [0.1, 0.15) is 11.3 Å². The van der Waals surface area contributed by atoms with Crippen LogP contribution in [0, 0.1) is 18.3 Å². The molecule has 2 aromatic rings. The fourth-order valence-corrected chi connectivity index (χ4v) is 1.35. The van der Waals surface area contributed by atoms with Crippen LogP contribution >= 0.6 is 0 Å². The molecule has 0 aliphatic carbocycles. The summed E-state index contributed by atoms with van der Waals surface area (Å²) in [6.07, 6.45) is 1.56. The van der Waals surface area contributed by atoms with Gasteiger partial charge in [0.25, 0.3) is 0 Å². The lowest BCUT2D eigenvalue weighted by Gasteiger charge is -2.05. The maximum Gasteiger partial charge on any atom is 0.144 e. The Labute approximate surface area is 93.9 Å². The molecule has 0 saturated heterocycles. The van der Waals surface area contributed by atoms with Crippen LogP contribution in [0.15, 0.2) is 42.6 Å². The zero-order valence-electron chi connectivity index (χ0n) is 8.84. The van der Waals surface area contributed by atoms with Crippen molar-refractivity contribution in [3.63, 3.8) is 0 Å². The highest BCUT2D eigenvalue weighted by atomic mass is 16.5. The molecule has 0 N–H and O–H groups in total. The van der Waals surface area contributed by atoms with Crippen molar-refractivity contribution in [2.45, 2.75) is 6.92 Å². The summed E-state index contributed by atoms with van der Waals surface area (Å²) in [6, 6.07) is 13.1. The number of ether oxygens (including phenoxy) is 1. The van der Waals surface area contributed by atoms with Crippen LogP contribution in [-0.2, 0) is 0 Å². The summed E-state index contributed by atoms with van der Waals surface area (Å²) >= 11 is 0. The molecule has 1 aromatic carbocycles. The molecule has 0 aliphatic rings. The minimum absolute atomic E-state index is 0.352. The molecule has 0 spiro atoms. The van der Waals surface area contributed by atoms with Gasteiger partial charge in [0.1, 0.15) is 23.3 Å². The van der Waals surface area contributed by atoms with E-state index in [9.17, 15) is 0 Å². The highest BCUT2D eigenvalue weighted by Crippen LogP contribution is 2.21. The van der Waals surface area contributed by atoms with E-state index in [1.54, 1.807) is 18.3 Å². The fraction of sp³-hybridized carbons (Fsp3) is 0.0769. The topological polar surface area (TPSA) is 45.9 Å². The summed E-state index contributed by atoms with van der Waals surface area (Å²) in [5, 5.41) is 8.70. The number of hydrogen-bond donors (Lipinski definition) is 0. The maximum atomic E-state index is 8.70. The summed E-state index contributed by atoms with van der Waals surface area (Å²) in [5.41, 5.74) is 1.48. The lowest BCUT2D eigenvalue weighted by Crippen LogP contribution is -1.87. The van der Waals surface area contributed by atoms with E-state index in [-0.39, 0.29) is 0 Å². The smallest absolute Gasteiger partial charge is 0.144 e. The molecule has 0 aliphatic heterocycles. The van der Waals surface area contributed by atoms with E-state index in [1.165, 1.54) is 0 Å². The molecule has 2 rings (SSSR count). The average Bonchev–Trinajstić information content (AvgIpc) is 2.29. The average molecular weight is 210 g/mol. The molecule has 1 heterocycles. The summed E-state index contributed by atoms with van der Waals surface area (Å²) in [5.74, 6) is 1.38. The summed E-state index contributed by atoms with van der Waals surface area (Å²) < 4.78 is 5.61. The first-order chi connectivity index (χ1) is 7.78. The van der Waals surface area contributed by atoms with Crippen LogP contribution in [0.25, 0.3) is 0 Å². The van der Waals surface area contributed by atoms with Crippen molar-refractivity contribution in [3.8, 4) is 17.6 Å². The molecule has 0 fully saturated rings. The molecular formula is C13H10N2O. The molecule has 16 heavy (non-hydrogen) atoms. The van der Waals surface area contributed by atoms with Gasteiger partial charge in [0.05, 0.1) is 0 Å². The third kappa shape index (κ3) is 2.37. The van der Waals surface area contributed by atoms with Gasteiger partial charge in [0, 0.05) is 12.3 Å². The molecule has 3 heteroatoms. The Bertz CT molecular complexity index is 544. The number of nitrogens with zero attached hydrogens (tertiary/aromatic N) is 2. The Hall–Kier alpha value is -2.34. The van der Waals surface area contributed by atoms with Crippen LogP contribution in [0.3, 0.4) is 0 Å². The molecule has 0 atom stereocenters. The molecule has 78 valence electrons. The van der Waals surface area contributed by atoms with Gasteiger partial charge >= 0.3 is 0 Å². The zero-order valence-corrected chi connectivity index (χ0v) is 8.84. The molecule has 0 bridgehead atoms. The van der Waals surface area contributed by atoms with E-state index in [0.717, 1.165) is 11.3 Å². The maximum absolute atomic E-state index is 8.70. The minimum atomic E-state index is 0.352. The number of nitriles is 1. The van der Waals surface area contributed by atoms with Crippen molar-refractivity contribution in [1.82, 2.24) is 4.98 Å². The predicted octanol–water partition coefficient (Wildman–Crippen LogP) is 3.05. The lowest BCUT2D eigenvalue weighted by atomic mass is 10.2. The van der Waals surface area contributed by atoms with Gasteiger partial charge in [-0.2, -0.15) is 5.26 Å². The Morgan fingerprint density at radius 3 is 2.75 bits per heavy atom. The lowest BCUT2D eigenvalue weighted by molar-refractivity contribution is 0.481. The molecule has 0 unspecified atom stereocenters. The predicted molar refractivity (Wildman–Crippen MR) is 60.2 cm³/mol. The van der Waals surface area contributed by atoms with Crippen molar-refractivity contribution >= 4 is 0 Å². The third-order valence-electron chi connectivity index (χ3n) is 2.07. The number of pyridine rings is 1. The standard InChI is InChI=1S/C13H10N2O/c1-10-3-2-4-12(7-10)16-13-5-6-15-11(8-13)9-14/h2-8H,1H3. The first kappa shape index (κ1) is 10.2. The van der Waals surface area contributed by atoms with E-state index in [2.05, 4.69) is 4.98 Å². The van der Waals surface area contributed by atoms with E-state index in [4.69, 9.17) is 10.00 Å². The summed E-state index contributed by atoms with van der Waals surface area (Å²) in [7, 11) is 0. The second kappa shape index (κ2) is 4.45. The summed E-state index contributed by atoms with van der Waals surface area (Å²) in [6.45, 7) is 2.00. The molecular weight excluding hydrogens is 200 g/mol. The van der Waals surface area contributed by atoms with Crippen molar-refractivity contribution < 1.29 is 4.74 Å². The Balaban J connectivity index is 2.24. The van der Waals surface area contributed by atoms with Gasteiger partial charge in [-0.25, -0.2) is 4.98 Å². The number of aryl methyl sites for hydroxylation is 1. The van der Waals surface area contributed by atoms with Crippen LogP contribution in [0.5, 0.6) is 11.5 Å².